The zero-order valence-electron chi connectivity index (χ0n) is 18.6. The summed E-state index contributed by atoms with van der Waals surface area (Å²) in [6.45, 7) is 6.17. The maximum atomic E-state index is 10.9. The third-order valence-corrected chi connectivity index (χ3v) is 5.43. The first-order valence-corrected chi connectivity index (χ1v) is 11.7. The van der Waals surface area contributed by atoms with Crippen molar-refractivity contribution in [2.45, 2.75) is 77.0 Å². The number of benzene rings is 1. The Bertz CT molecular complexity index is 735. The molecule has 1 aromatic rings. The van der Waals surface area contributed by atoms with Crippen LogP contribution in [0.3, 0.4) is 0 Å². The molecule has 0 fully saturated rings. The fraction of sp³-hybridized carbons (Fsp3) is 0.542. The fourth-order valence-corrected chi connectivity index (χ4v) is 3.57. The lowest BCUT2D eigenvalue weighted by Gasteiger charge is -2.07. The summed E-state index contributed by atoms with van der Waals surface area (Å²) >= 11 is 1.53. The Balaban J connectivity index is 0.000000567. The summed E-state index contributed by atoms with van der Waals surface area (Å²) in [5, 5.41) is 26.1. The Morgan fingerprint density at radius 2 is 1.60 bits per heavy atom. The van der Waals surface area contributed by atoms with Gasteiger partial charge >= 0.3 is 11.9 Å². The van der Waals surface area contributed by atoms with Crippen LogP contribution < -0.4 is 0 Å². The second-order valence-electron chi connectivity index (χ2n) is 7.56. The van der Waals surface area contributed by atoms with Crippen molar-refractivity contribution in [3.05, 3.63) is 35.4 Å². The van der Waals surface area contributed by atoms with Gasteiger partial charge in [-0.2, -0.15) is 5.26 Å². The lowest BCUT2D eigenvalue weighted by molar-refractivity contribution is -0.137. The van der Waals surface area contributed by atoms with Gasteiger partial charge in [-0.3, -0.25) is 4.79 Å². The summed E-state index contributed by atoms with van der Waals surface area (Å²) in [6.07, 6.45) is 10.6. The van der Waals surface area contributed by atoms with Gasteiger partial charge in [-0.15, -0.1) is 11.8 Å². The van der Waals surface area contributed by atoms with Crippen LogP contribution in [0.25, 0.3) is 5.57 Å². The molecule has 0 aliphatic heterocycles. The molecule has 0 bridgehead atoms. The standard InChI is InChI=1S/C12H11NO2S.C12H24O2/c1-8(10(7-13)12(14)15)9-5-3-4-6-11(9)16-2;1-11(2)9-7-5-3-4-6-8-10-12(13)14/h3-6H,1-2H3,(H,14,15);11H,3-10H2,1-2H3,(H,13,14)/b10-8+;. The highest BCUT2D eigenvalue weighted by molar-refractivity contribution is 7.98. The largest absolute Gasteiger partial charge is 0.481 e. The molecule has 0 aliphatic carbocycles. The third kappa shape index (κ3) is 12.3. The normalized spacial score (nSPS) is 11.2. The van der Waals surface area contributed by atoms with E-state index < -0.39 is 11.9 Å². The van der Waals surface area contributed by atoms with E-state index in [9.17, 15) is 9.59 Å². The monoisotopic (exact) mass is 433 g/mol. The van der Waals surface area contributed by atoms with E-state index in [1.807, 2.05) is 30.5 Å². The average Bonchev–Trinajstić information content (AvgIpc) is 2.70. The maximum Gasteiger partial charge on any atom is 0.346 e. The molecule has 0 saturated carbocycles. The summed E-state index contributed by atoms with van der Waals surface area (Å²) in [6, 6.07) is 9.16. The molecule has 0 radical (unpaired) electrons. The molecular formula is C24H35NO4S. The fourth-order valence-electron chi connectivity index (χ4n) is 2.92. The van der Waals surface area contributed by atoms with Crippen LogP contribution in [0.15, 0.2) is 34.7 Å². The molecule has 0 aromatic heterocycles. The summed E-state index contributed by atoms with van der Waals surface area (Å²) in [5.41, 5.74) is 1.09. The van der Waals surface area contributed by atoms with E-state index in [-0.39, 0.29) is 5.57 Å². The highest BCUT2D eigenvalue weighted by Crippen LogP contribution is 2.28. The predicted molar refractivity (Wildman–Crippen MR) is 123 cm³/mol. The minimum atomic E-state index is -1.18. The van der Waals surface area contributed by atoms with Crippen LogP contribution >= 0.6 is 11.8 Å². The zero-order valence-corrected chi connectivity index (χ0v) is 19.4. The number of hydrogen-bond donors (Lipinski definition) is 2. The Morgan fingerprint density at radius 1 is 1.03 bits per heavy atom. The first-order valence-electron chi connectivity index (χ1n) is 10.4. The van der Waals surface area contributed by atoms with Crippen LogP contribution in [0.4, 0.5) is 0 Å². The van der Waals surface area contributed by atoms with E-state index in [4.69, 9.17) is 15.5 Å². The first kappa shape index (κ1) is 27.7. The molecule has 30 heavy (non-hydrogen) atoms. The molecule has 0 saturated heterocycles. The second-order valence-corrected chi connectivity index (χ2v) is 8.41. The van der Waals surface area contributed by atoms with E-state index in [0.29, 0.717) is 12.0 Å². The molecule has 6 heteroatoms. The molecule has 2 N–H and O–H groups in total. The molecule has 1 rings (SSSR count). The second kappa shape index (κ2) is 16.5. The molecule has 166 valence electrons. The van der Waals surface area contributed by atoms with Crippen molar-refractivity contribution in [1.29, 1.82) is 5.26 Å². The lowest BCUT2D eigenvalue weighted by atomic mass is 10.0. The van der Waals surface area contributed by atoms with Crippen LogP contribution in [-0.4, -0.2) is 28.4 Å². The van der Waals surface area contributed by atoms with Crippen molar-refractivity contribution < 1.29 is 19.8 Å². The first-order chi connectivity index (χ1) is 14.2. The number of hydrogen-bond acceptors (Lipinski definition) is 4. The van der Waals surface area contributed by atoms with Gasteiger partial charge < -0.3 is 10.2 Å². The third-order valence-electron chi connectivity index (χ3n) is 4.63. The van der Waals surface area contributed by atoms with Crippen molar-refractivity contribution in [2.75, 3.05) is 6.26 Å². The number of allylic oxidation sites excluding steroid dienone is 1. The van der Waals surface area contributed by atoms with Crippen LogP contribution in [0, 0.1) is 17.2 Å². The topological polar surface area (TPSA) is 98.4 Å². The minimum Gasteiger partial charge on any atom is -0.481 e. The molecule has 0 spiro atoms. The van der Waals surface area contributed by atoms with E-state index in [2.05, 4.69) is 13.8 Å². The number of carboxylic acids is 2. The van der Waals surface area contributed by atoms with Crippen LogP contribution in [0.1, 0.15) is 77.7 Å². The van der Waals surface area contributed by atoms with E-state index in [1.54, 1.807) is 13.0 Å². The van der Waals surface area contributed by atoms with Gasteiger partial charge in [-0.05, 0) is 42.7 Å². The number of nitrogens with zero attached hydrogens (tertiary/aromatic N) is 1. The zero-order chi connectivity index (χ0) is 22.9. The SMILES string of the molecule is CC(C)CCCCCCCCC(=O)O.CSc1ccccc1/C(C)=C(\C#N)C(=O)O. The highest BCUT2D eigenvalue weighted by Gasteiger charge is 2.13. The Kier molecular flexibility index (Phi) is 15.3. The Morgan fingerprint density at radius 3 is 2.10 bits per heavy atom. The molecule has 0 heterocycles. The number of carboxylic acid groups (broad SMARTS) is 2. The van der Waals surface area contributed by atoms with Gasteiger partial charge in [-0.25, -0.2) is 4.79 Å². The average molecular weight is 434 g/mol. The van der Waals surface area contributed by atoms with Crippen LogP contribution in [0.5, 0.6) is 0 Å². The van der Waals surface area contributed by atoms with Gasteiger partial charge in [0.05, 0.1) is 0 Å². The van der Waals surface area contributed by atoms with Gasteiger partial charge in [0, 0.05) is 11.3 Å². The summed E-state index contributed by atoms with van der Waals surface area (Å²) < 4.78 is 0. The molecule has 1 aromatic carbocycles. The lowest BCUT2D eigenvalue weighted by Crippen LogP contribution is -2.01. The number of carbonyl (C=O) groups is 2. The number of unbranched alkanes of at least 4 members (excludes halogenated alkanes) is 5. The molecule has 0 aliphatic rings. The van der Waals surface area contributed by atoms with E-state index >= 15 is 0 Å². The smallest absolute Gasteiger partial charge is 0.346 e. The summed E-state index contributed by atoms with van der Waals surface area (Å²) in [4.78, 5) is 22.0. The number of aliphatic carboxylic acids is 2. The summed E-state index contributed by atoms with van der Waals surface area (Å²) in [7, 11) is 0. The van der Waals surface area contributed by atoms with Crippen molar-refractivity contribution in [2.24, 2.45) is 5.92 Å². The molecule has 0 amide bonds. The van der Waals surface area contributed by atoms with E-state index in [0.717, 1.165) is 29.2 Å². The maximum absolute atomic E-state index is 10.9. The van der Waals surface area contributed by atoms with Gasteiger partial charge in [0.25, 0.3) is 0 Å². The van der Waals surface area contributed by atoms with Crippen LogP contribution in [-0.2, 0) is 9.59 Å². The highest BCUT2D eigenvalue weighted by atomic mass is 32.2. The number of nitriles is 1. The quantitative estimate of drug-likeness (QED) is 0.166. The number of thioether (sulfide) groups is 1. The van der Waals surface area contributed by atoms with Gasteiger partial charge in [0.1, 0.15) is 11.6 Å². The summed E-state index contributed by atoms with van der Waals surface area (Å²) in [5.74, 6) is -1.03. The Labute approximate surface area is 185 Å². The number of rotatable bonds is 12. The van der Waals surface area contributed by atoms with Crippen LogP contribution in [0.2, 0.25) is 0 Å². The Hall–Kier alpha value is -2.26. The van der Waals surface area contributed by atoms with Crippen molar-refractivity contribution in [3.8, 4) is 6.07 Å². The van der Waals surface area contributed by atoms with Gasteiger partial charge in [0.15, 0.2) is 0 Å². The van der Waals surface area contributed by atoms with Crippen molar-refractivity contribution >= 4 is 29.3 Å². The molecule has 5 nitrogen and oxygen atoms in total. The minimum absolute atomic E-state index is 0.207. The van der Waals surface area contributed by atoms with Crippen molar-refractivity contribution in [1.82, 2.24) is 0 Å². The predicted octanol–water partition coefficient (Wildman–Crippen LogP) is 6.64. The molecular weight excluding hydrogens is 398 g/mol. The molecule has 0 unspecified atom stereocenters. The van der Waals surface area contributed by atoms with E-state index in [1.165, 1.54) is 43.9 Å². The molecule has 0 atom stereocenters. The van der Waals surface area contributed by atoms with Gasteiger partial charge in [0.2, 0.25) is 0 Å². The van der Waals surface area contributed by atoms with Gasteiger partial charge in [-0.1, -0.05) is 70.6 Å². The van der Waals surface area contributed by atoms with Crippen molar-refractivity contribution in [3.63, 3.8) is 0 Å².